The summed E-state index contributed by atoms with van der Waals surface area (Å²) >= 11 is 3.27. The molecule has 1 aliphatic rings. The van der Waals surface area contributed by atoms with Crippen LogP contribution in [0.3, 0.4) is 0 Å². The second-order valence-corrected chi connectivity index (χ2v) is 12.0. The van der Waals surface area contributed by atoms with Crippen molar-refractivity contribution in [1.29, 1.82) is 0 Å². The molecule has 0 saturated carbocycles. The van der Waals surface area contributed by atoms with E-state index in [-0.39, 0.29) is 23.5 Å². The molecule has 2 aromatic carbocycles. The smallest absolute Gasteiger partial charge is 0.326 e. The lowest BCUT2D eigenvalue weighted by Crippen LogP contribution is -2.51. The fourth-order valence-corrected chi connectivity index (χ4v) is 6.06. The summed E-state index contributed by atoms with van der Waals surface area (Å²) in [6, 6.07) is 11.1. The van der Waals surface area contributed by atoms with Gasteiger partial charge in [0.25, 0.3) is 0 Å². The Hall–Kier alpha value is -2.43. The summed E-state index contributed by atoms with van der Waals surface area (Å²) in [4.78, 5) is 25.0. The molecule has 0 aromatic heterocycles. The Bertz CT molecular complexity index is 1140. The number of nitrogens with zero attached hydrogens (tertiary/aromatic N) is 1. The zero-order chi connectivity index (χ0) is 25.1. The van der Waals surface area contributed by atoms with Crippen molar-refractivity contribution in [3.63, 3.8) is 0 Å². The second kappa shape index (κ2) is 10.5. The zero-order valence-electron chi connectivity index (χ0n) is 19.3. The summed E-state index contributed by atoms with van der Waals surface area (Å²) in [5.74, 6) is -1.15. The molecule has 2 N–H and O–H groups in total. The van der Waals surface area contributed by atoms with E-state index in [9.17, 15) is 23.1 Å². The Kier molecular flexibility index (Phi) is 8.05. The van der Waals surface area contributed by atoms with E-state index in [0.29, 0.717) is 28.6 Å². The number of hydrogen-bond acceptors (Lipinski definition) is 5. The molecule has 3 rings (SSSR count). The van der Waals surface area contributed by atoms with Crippen LogP contribution in [0.5, 0.6) is 5.75 Å². The van der Waals surface area contributed by atoms with Gasteiger partial charge in [-0.05, 0) is 69.5 Å². The van der Waals surface area contributed by atoms with Gasteiger partial charge in [0.15, 0.2) is 0 Å². The number of halogens is 1. The van der Waals surface area contributed by atoms with Crippen LogP contribution in [0.4, 0.5) is 0 Å². The Morgan fingerprint density at radius 2 is 1.88 bits per heavy atom. The summed E-state index contributed by atoms with van der Waals surface area (Å²) in [6.07, 6.45) is 0.893. The third kappa shape index (κ3) is 6.58. The van der Waals surface area contributed by atoms with Crippen LogP contribution in [0.2, 0.25) is 0 Å². The standard InChI is InChI=1S/C24H29BrN2O6S/c1-24(2,3)33-18-11-9-16(10-12-18)14-20(23(29)30)26-22(28)21-8-5-13-27(21)34(31,32)19-7-4-6-17(25)15-19/h4,6-7,9-12,15,20-21H,5,8,13-14H2,1-3H3,(H,26,28)(H,29,30)/t20-,21-/m0/s1. The Balaban J connectivity index is 1.72. The van der Waals surface area contributed by atoms with Gasteiger partial charge in [-0.25, -0.2) is 13.2 Å². The highest BCUT2D eigenvalue weighted by Crippen LogP contribution is 2.28. The highest BCUT2D eigenvalue weighted by atomic mass is 79.9. The minimum absolute atomic E-state index is 0.0575. The summed E-state index contributed by atoms with van der Waals surface area (Å²) in [5, 5.41) is 12.2. The predicted molar refractivity (Wildman–Crippen MR) is 131 cm³/mol. The third-order valence-corrected chi connectivity index (χ3v) is 7.71. The number of carbonyl (C=O) groups excluding carboxylic acids is 1. The minimum Gasteiger partial charge on any atom is -0.488 e. The van der Waals surface area contributed by atoms with Gasteiger partial charge in [-0.15, -0.1) is 0 Å². The monoisotopic (exact) mass is 552 g/mol. The number of ether oxygens (including phenoxy) is 1. The second-order valence-electron chi connectivity index (χ2n) is 9.19. The summed E-state index contributed by atoms with van der Waals surface area (Å²) < 4.78 is 33.8. The third-order valence-electron chi connectivity index (χ3n) is 5.31. The highest BCUT2D eigenvalue weighted by Gasteiger charge is 2.40. The maximum absolute atomic E-state index is 13.1. The Labute approximate surface area is 208 Å². The van der Waals surface area contributed by atoms with E-state index in [0.717, 1.165) is 4.31 Å². The number of aliphatic carboxylic acids is 1. The van der Waals surface area contributed by atoms with Crippen molar-refractivity contribution in [3.8, 4) is 5.75 Å². The molecule has 184 valence electrons. The first-order chi connectivity index (χ1) is 15.9. The van der Waals surface area contributed by atoms with Crippen molar-refractivity contribution in [2.45, 2.75) is 62.6 Å². The fourth-order valence-electron chi connectivity index (χ4n) is 3.80. The van der Waals surface area contributed by atoms with E-state index < -0.39 is 34.0 Å². The molecule has 34 heavy (non-hydrogen) atoms. The fraction of sp³-hybridized carbons (Fsp3) is 0.417. The molecule has 1 saturated heterocycles. The van der Waals surface area contributed by atoms with Crippen molar-refractivity contribution >= 4 is 37.8 Å². The van der Waals surface area contributed by atoms with Crippen LogP contribution < -0.4 is 10.1 Å². The van der Waals surface area contributed by atoms with E-state index in [1.165, 1.54) is 12.1 Å². The molecular weight excluding hydrogens is 524 g/mol. The number of nitrogens with one attached hydrogen (secondary N) is 1. The molecule has 1 fully saturated rings. The van der Waals surface area contributed by atoms with Crippen LogP contribution in [0.25, 0.3) is 0 Å². The van der Waals surface area contributed by atoms with Crippen molar-refractivity contribution in [2.75, 3.05) is 6.54 Å². The lowest BCUT2D eigenvalue weighted by molar-refractivity contribution is -0.142. The predicted octanol–water partition coefficient (Wildman–Crippen LogP) is 3.59. The first-order valence-corrected chi connectivity index (χ1v) is 13.2. The number of carbonyl (C=O) groups is 2. The number of carboxylic acids is 1. The first kappa shape index (κ1) is 26.2. The zero-order valence-corrected chi connectivity index (χ0v) is 21.7. The molecule has 0 spiro atoms. The first-order valence-electron chi connectivity index (χ1n) is 11.0. The molecule has 0 radical (unpaired) electrons. The average molecular weight is 553 g/mol. The quantitative estimate of drug-likeness (QED) is 0.517. The Morgan fingerprint density at radius 1 is 1.21 bits per heavy atom. The maximum Gasteiger partial charge on any atom is 0.326 e. The summed E-state index contributed by atoms with van der Waals surface area (Å²) in [7, 11) is -3.91. The molecule has 10 heteroatoms. The van der Waals surface area contributed by atoms with Crippen LogP contribution >= 0.6 is 15.9 Å². The van der Waals surface area contributed by atoms with E-state index in [2.05, 4.69) is 21.2 Å². The van der Waals surface area contributed by atoms with Gasteiger partial charge < -0.3 is 15.2 Å². The van der Waals surface area contributed by atoms with Gasteiger partial charge in [0.05, 0.1) is 4.90 Å². The maximum atomic E-state index is 13.1. The van der Waals surface area contributed by atoms with Gasteiger partial charge in [-0.3, -0.25) is 4.79 Å². The number of rotatable bonds is 8. The highest BCUT2D eigenvalue weighted by molar-refractivity contribution is 9.10. The average Bonchev–Trinajstić information content (AvgIpc) is 3.24. The number of amides is 1. The van der Waals surface area contributed by atoms with Crippen molar-refractivity contribution in [3.05, 3.63) is 58.6 Å². The van der Waals surface area contributed by atoms with Gasteiger partial charge >= 0.3 is 5.97 Å². The SMILES string of the molecule is CC(C)(C)Oc1ccc(C[C@H](NC(=O)[C@@H]2CCCN2S(=O)(=O)c2cccc(Br)c2)C(=O)O)cc1. The van der Waals surface area contributed by atoms with Gasteiger partial charge in [0.2, 0.25) is 15.9 Å². The molecular formula is C24H29BrN2O6S. The topological polar surface area (TPSA) is 113 Å². The number of carboxylic acid groups (broad SMARTS) is 1. The van der Waals surface area contributed by atoms with Crippen LogP contribution in [-0.4, -0.2) is 53.9 Å². The molecule has 2 aromatic rings. The summed E-state index contributed by atoms with van der Waals surface area (Å²) in [5.41, 5.74) is 0.349. The van der Waals surface area contributed by atoms with Gasteiger partial charge in [-0.1, -0.05) is 34.1 Å². The van der Waals surface area contributed by atoms with E-state index in [1.807, 2.05) is 20.8 Å². The molecule has 0 aliphatic carbocycles. The van der Waals surface area contributed by atoms with Crippen molar-refractivity contribution < 1.29 is 27.9 Å². The van der Waals surface area contributed by atoms with Crippen molar-refractivity contribution in [1.82, 2.24) is 9.62 Å². The molecule has 0 unspecified atom stereocenters. The molecule has 1 amide bonds. The number of hydrogen-bond donors (Lipinski definition) is 2. The largest absolute Gasteiger partial charge is 0.488 e. The van der Waals surface area contributed by atoms with Gasteiger partial charge in [-0.2, -0.15) is 4.31 Å². The van der Waals surface area contributed by atoms with E-state index in [4.69, 9.17) is 4.74 Å². The van der Waals surface area contributed by atoms with Crippen LogP contribution in [-0.2, 0) is 26.0 Å². The lowest BCUT2D eigenvalue weighted by Gasteiger charge is -2.25. The van der Waals surface area contributed by atoms with Crippen LogP contribution in [0.1, 0.15) is 39.2 Å². The van der Waals surface area contributed by atoms with E-state index >= 15 is 0 Å². The number of benzene rings is 2. The number of sulfonamides is 1. The molecule has 1 heterocycles. The molecule has 1 aliphatic heterocycles. The van der Waals surface area contributed by atoms with Crippen molar-refractivity contribution in [2.24, 2.45) is 0 Å². The van der Waals surface area contributed by atoms with Crippen LogP contribution in [0, 0.1) is 0 Å². The molecule has 2 atom stereocenters. The van der Waals surface area contributed by atoms with E-state index in [1.54, 1.807) is 36.4 Å². The molecule has 8 nitrogen and oxygen atoms in total. The van der Waals surface area contributed by atoms with Gasteiger partial charge in [0, 0.05) is 17.4 Å². The minimum atomic E-state index is -3.91. The summed E-state index contributed by atoms with van der Waals surface area (Å²) in [6.45, 7) is 5.99. The van der Waals surface area contributed by atoms with Crippen LogP contribution in [0.15, 0.2) is 57.9 Å². The lowest BCUT2D eigenvalue weighted by atomic mass is 10.0. The molecule has 0 bridgehead atoms. The van der Waals surface area contributed by atoms with Gasteiger partial charge in [0.1, 0.15) is 23.4 Å². The Morgan fingerprint density at radius 3 is 2.47 bits per heavy atom. The normalized spacial score (nSPS) is 17.8.